The fourth-order valence-corrected chi connectivity index (χ4v) is 0.926. The van der Waals surface area contributed by atoms with Gasteiger partial charge in [0.25, 0.3) is 0 Å². The molecule has 3 amide bonds. The van der Waals surface area contributed by atoms with Crippen molar-refractivity contribution in [2.45, 2.75) is 6.92 Å². The molecule has 3 N–H and O–H groups in total. The van der Waals surface area contributed by atoms with Gasteiger partial charge < -0.3 is 5.73 Å². The SMILES string of the molecule is CC1=NC(=O)NC(=O)C1CN.Cl. The molecule has 6 heteroatoms. The van der Waals surface area contributed by atoms with Gasteiger partial charge in [0.15, 0.2) is 0 Å². The average Bonchev–Trinajstić information content (AvgIpc) is 1.85. The highest BCUT2D eigenvalue weighted by Crippen LogP contribution is 2.03. The summed E-state index contributed by atoms with van der Waals surface area (Å²) >= 11 is 0. The number of nitrogens with two attached hydrogens (primary N) is 1. The Morgan fingerprint density at radius 1 is 1.58 bits per heavy atom. The predicted molar refractivity (Wildman–Crippen MR) is 46.4 cm³/mol. The summed E-state index contributed by atoms with van der Waals surface area (Å²) in [7, 11) is 0. The Labute approximate surface area is 75.8 Å². The molecule has 1 aliphatic rings. The Kier molecular flexibility index (Phi) is 3.85. The van der Waals surface area contributed by atoms with E-state index in [4.69, 9.17) is 5.73 Å². The molecule has 5 nitrogen and oxygen atoms in total. The molecule has 68 valence electrons. The molecule has 0 aliphatic carbocycles. The highest BCUT2D eigenvalue weighted by molar-refractivity contribution is 6.15. The van der Waals surface area contributed by atoms with Crippen molar-refractivity contribution in [2.24, 2.45) is 16.6 Å². The predicted octanol–water partition coefficient (Wildman–Crippen LogP) is -0.306. The zero-order valence-electron chi connectivity index (χ0n) is 6.53. The molecular formula is C6H10ClN3O2. The highest BCUT2D eigenvalue weighted by Gasteiger charge is 2.26. The summed E-state index contributed by atoms with van der Waals surface area (Å²) in [5.41, 5.74) is 5.76. The molecule has 12 heavy (non-hydrogen) atoms. The molecule has 1 atom stereocenters. The van der Waals surface area contributed by atoms with Crippen LogP contribution >= 0.6 is 12.4 Å². The van der Waals surface area contributed by atoms with Gasteiger partial charge >= 0.3 is 6.03 Å². The Hall–Kier alpha value is -0.940. The van der Waals surface area contributed by atoms with Crippen LogP contribution in [0.15, 0.2) is 4.99 Å². The second-order valence-electron chi connectivity index (χ2n) is 2.34. The number of carbonyl (C=O) groups is 2. The van der Waals surface area contributed by atoms with Crippen molar-refractivity contribution in [2.75, 3.05) is 6.54 Å². The van der Waals surface area contributed by atoms with Crippen molar-refractivity contribution >= 4 is 30.1 Å². The lowest BCUT2D eigenvalue weighted by Crippen LogP contribution is -2.45. The van der Waals surface area contributed by atoms with E-state index in [2.05, 4.69) is 10.3 Å². The molecule has 1 aliphatic heterocycles. The van der Waals surface area contributed by atoms with Crippen LogP contribution < -0.4 is 11.1 Å². The van der Waals surface area contributed by atoms with E-state index in [1.807, 2.05) is 0 Å². The van der Waals surface area contributed by atoms with E-state index in [-0.39, 0.29) is 24.9 Å². The second kappa shape index (κ2) is 4.18. The van der Waals surface area contributed by atoms with Gasteiger partial charge in [0.2, 0.25) is 5.91 Å². The monoisotopic (exact) mass is 191 g/mol. The van der Waals surface area contributed by atoms with Crippen molar-refractivity contribution in [1.29, 1.82) is 0 Å². The van der Waals surface area contributed by atoms with Crippen molar-refractivity contribution in [3.05, 3.63) is 0 Å². The molecule has 1 unspecified atom stereocenters. The standard InChI is InChI=1S/C6H9N3O2.ClH/c1-3-4(2-7)5(10)9-6(11)8-3;/h4H,2,7H2,1H3,(H,9,10,11);1H. The van der Waals surface area contributed by atoms with E-state index in [9.17, 15) is 9.59 Å². The maximum Gasteiger partial charge on any atom is 0.347 e. The summed E-state index contributed by atoms with van der Waals surface area (Å²) in [6, 6.07) is -0.600. The fourth-order valence-electron chi connectivity index (χ4n) is 0.926. The number of carbonyl (C=O) groups excluding carboxylic acids is 2. The first kappa shape index (κ1) is 11.1. The number of hydrogen-bond acceptors (Lipinski definition) is 3. The number of halogens is 1. The van der Waals surface area contributed by atoms with E-state index in [0.717, 1.165) is 0 Å². The smallest absolute Gasteiger partial charge is 0.329 e. The van der Waals surface area contributed by atoms with Gasteiger partial charge in [-0.1, -0.05) is 0 Å². The van der Waals surface area contributed by atoms with E-state index in [0.29, 0.717) is 5.71 Å². The quantitative estimate of drug-likeness (QED) is 0.597. The van der Waals surface area contributed by atoms with Crippen LogP contribution in [0.1, 0.15) is 6.92 Å². The van der Waals surface area contributed by atoms with Crippen molar-refractivity contribution in [3.8, 4) is 0 Å². The molecule has 0 fully saturated rings. The fraction of sp³-hybridized carbons (Fsp3) is 0.500. The number of amides is 3. The van der Waals surface area contributed by atoms with Crippen LogP contribution in [0.2, 0.25) is 0 Å². The summed E-state index contributed by atoms with van der Waals surface area (Å²) in [5.74, 6) is -0.794. The molecule has 0 saturated carbocycles. The van der Waals surface area contributed by atoms with Gasteiger partial charge in [-0.2, -0.15) is 0 Å². The van der Waals surface area contributed by atoms with Crippen molar-refractivity contribution in [1.82, 2.24) is 5.32 Å². The lowest BCUT2D eigenvalue weighted by Gasteiger charge is -2.16. The van der Waals surface area contributed by atoms with E-state index in [1.54, 1.807) is 6.92 Å². The van der Waals surface area contributed by atoms with Crippen LogP contribution in [-0.2, 0) is 4.79 Å². The summed E-state index contributed by atoms with van der Waals surface area (Å²) in [6.45, 7) is 1.81. The summed E-state index contributed by atoms with van der Waals surface area (Å²) < 4.78 is 0. The van der Waals surface area contributed by atoms with Crippen LogP contribution in [-0.4, -0.2) is 24.2 Å². The Morgan fingerprint density at radius 2 is 2.17 bits per heavy atom. The summed E-state index contributed by atoms with van der Waals surface area (Å²) in [5, 5.41) is 2.07. The zero-order chi connectivity index (χ0) is 8.43. The number of urea groups is 1. The number of rotatable bonds is 1. The minimum absolute atomic E-state index is 0. The molecular weight excluding hydrogens is 182 g/mol. The second-order valence-corrected chi connectivity index (χ2v) is 2.34. The molecule has 0 bridgehead atoms. The Balaban J connectivity index is 0.00000121. The third-order valence-electron chi connectivity index (χ3n) is 1.56. The van der Waals surface area contributed by atoms with Crippen LogP contribution in [0, 0.1) is 5.92 Å². The van der Waals surface area contributed by atoms with Gasteiger partial charge in [0.1, 0.15) is 0 Å². The van der Waals surface area contributed by atoms with Crippen LogP contribution in [0.3, 0.4) is 0 Å². The van der Waals surface area contributed by atoms with E-state index in [1.165, 1.54) is 0 Å². The van der Waals surface area contributed by atoms with Crippen molar-refractivity contribution < 1.29 is 9.59 Å². The lowest BCUT2D eigenvalue weighted by molar-refractivity contribution is -0.121. The average molecular weight is 192 g/mol. The first-order valence-electron chi connectivity index (χ1n) is 3.25. The topological polar surface area (TPSA) is 84.5 Å². The minimum atomic E-state index is -0.600. The van der Waals surface area contributed by atoms with E-state index < -0.39 is 11.9 Å². The molecule has 1 heterocycles. The third-order valence-corrected chi connectivity index (χ3v) is 1.56. The highest BCUT2D eigenvalue weighted by atomic mass is 35.5. The van der Waals surface area contributed by atoms with Gasteiger partial charge in [0, 0.05) is 12.3 Å². The number of imide groups is 1. The number of hydrogen-bond donors (Lipinski definition) is 2. The molecule has 0 saturated heterocycles. The molecule has 0 spiro atoms. The van der Waals surface area contributed by atoms with Gasteiger partial charge in [-0.15, -0.1) is 12.4 Å². The molecule has 0 radical (unpaired) electrons. The molecule has 0 aromatic carbocycles. The van der Waals surface area contributed by atoms with E-state index >= 15 is 0 Å². The number of nitrogens with zero attached hydrogens (tertiary/aromatic N) is 1. The molecule has 0 aromatic heterocycles. The first-order valence-corrected chi connectivity index (χ1v) is 3.25. The van der Waals surface area contributed by atoms with Crippen LogP contribution in [0.4, 0.5) is 4.79 Å². The number of aliphatic imine (C=N–C) groups is 1. The normalized spacial score (nSPS) is 22.5. The lowest BCUT2D eigenvalue weighted by atomic mass is 10.0. The van der Waals surface area contributed by atoms with Crippen molar-refractivity contribution in [3.63, 3.8) is 0 Å². The molecule has 1 rings (SSSR count). The summed E-state index contributed by atoms with van der Waals surface area (Å²) in [4.78, 5) is 25.1. The van der Waals surface area contributed by atoms with Crippen LogP contribution in [0.5, 0.6) is 0 Å². The molecule has 0 aromatic rings. The largest absolute Gasteiger partial charge is 0.347 e. The maximum atomic E-state index is 11.0. The zero-order valence-corrected chi connectivity index (χ0v) is 7.35. The van der Waals surface area contributed by atoms with Gasteiger partial charge in [-0.25, -0.2) is 9.79 Å². The Bertz CT molecular complexity index is 239. The third kappa shape index (κ3) is 2.02. The van der Waals surface area contributed by atoms with Gasteiger partial charge in [-0.05, 0) is 6.92 Å². The Morgan fingerprint density at radius 3 is 2.58 bits per heavy atom. The number of nitrogens with one attached hydrogen (secondary N) is 1. The van der Waals surface area contributed by atoms with Gasteiger partial charge in [-0.3, -0.25) is 10.1 Å². The van der Waals surface area contributed by atoms with Gasteiger partial charge in [0.05, 0.1) is 5.92 Å². The summed E-state index contributed by atoms with van der Waals surface area (Å²) in [6.07, 6.45) is 0. The van der Waals surface area contributed by atoms with Crippen LogP contribution in [0.25, 0.3) is 0 Å². The maximum absolute atomic E-state index is 11.0. The minimum Gasteiger partial charge on any atom is -0.329 e. The first-order chi connectivity index (χ1) is 5.15.